The maximum atomic E-state index is 5.16. The summed E-state index contributed by atoms with van der Waals surface area (Å²) in [6.45, 7) is 0. The third-order valence-corrected chi connectivity index (χ3v) is 2.70. The summed E-state index contributed by atoms with van der Waals surface area (Å²) in [5.74, 6) is 0.870. The molecule has 0 aliphatic carbocycles. The van der Waals surface area contributed by atoms with Crippen LogP contribution in [0.5, 0.6) is 5.75 Å². The van der Waals surface area contributed by atoms with Gasteiger partial charge in [-0.3, -0.25) is 0 Å². The van der Waals surface area contributed by atoms with E-state index in [0.717, 1.165) is 15.0 Å². The Bertz CT molecular complexity index is 410. The molecule has 4 heteroatoms. The van der Waals surface area contributed by atoms with Gasteiger partial charge in [0.25, 0.3) is 0 Å². The number of ether oxygens (including phenoxy) is 1. The molecule has 0 bridgehead atoms. The number of rotatable bonds is 1. The third kappa shape index (κ3) is 1.06. The summed E-state index contributed by atoms with van der Waals surface area (Å²) < 4.78 is 8.17. The molecule has 0 unspecified atom stereocenters. The molecule has 2 aromatic rings. The molecule has 12 heavy (non-hydrogen) atoms. The fourth-order valence-electron chi connectivity index (χ4n) is 1.09. The van der Waals surface area contributed by atoms with Crippen LogP contribution in [0.15, 0.2) is 24.7 Å². The van der Waals surface area contributed by atoms with Crippen LogP contribution in [-0.4, -0.2) is 16.5 Å². The molecule has 3 nitrogen and oxygen atoms in total. The number of hydrogen-bond donors (Lipinski definition) is 0. The molecule has 0 aliphatic heterocycles. The molecular formula is C8H7IN2O. The summed E-state index contributed by atoms with van der Waals surface area (Å²) in [7, 11) is 1.66. The Balaban J connectivity index is 2.78. The van der Waals surface area contributed by atoms with Crippen molar-refractivity contribution in [1.82, 2.24) is 9.38 Å². The molecule has 0 amide bonds. The van der Waals surface area contributed by atoms with Crippen LogP contribution in [0.3, 0.4) is 0 Å². The molecule has 0 saturated carbocycles. The van der Waals surface area contributed by atoms with Gasteiger partial charge in [0, 0.05) is 18.6 Å². The van der Waals surface area contributed by atoms with Gasteiger partial charge in [-0.05, 0) is 28.7 Å². The lowest BCUT2D eigenvalue weighted by Gasteiger charge is -2.03. The van der Waals surface area contributed by atoms with E-state index in [9.17, 15) is 0 Å². The van der Waals surface area contributed by atoms with E-state index in [4.69, 9.17) is 4.74 Å². The number of pyridine rings is 1. The van der Waals surface area contributed by atoms with Crippen molar-refractivity contribution in [1.29, 1.82) is 0 Å². The maximum Gasteiger partial charge on any atom is 0.153 e. The second kappa shape index (κ2) is 2.93. The Morgan fingerprint density at radius 2 is 2.33 bits per heavy atom. The molecule has 0 aliphatic rings. The van der Waals surface area contributed by atoms with Gasteiger partial charge in [-0.15, -0.1) is 0 Å². The molecule has 0 aromatic carbocycles. The van der Waals surface area contributed by atoms with E-state index in [1.165, 1.54) is 0 Å². The van der Waals surface area contributed by atoms with E-state index in [0.29, 0.717) is 0 Å². The largest absolute Gasteiger partial charge is 0.495 e. The summed E-state index contributed by atoms with van der Waals surface area (Å²) in [5.41, 5.74) is 0.940. The summed E-state index contributed by atoms with van der Waals surface area (Å²) in [4.78, 5) is 4.20. The van der Waals surface area contributed by atoms with Crippen LogP contribution in [0.2, 0.25) is 0 Å². The van der Waals surface area contributed by atoms with E-state index in [2.05, 4.69) is 27.6 Å². The molecule has 0 N–H and O–H groups in total. The molecule has 0 atom stereocenters. The van der Waals surface area contributed by atoms with E-state index in [-0.39, 0.29) is 0 Å². The van der Waals surface area contributed by atoms with Gasteiger partial charge in [0.15, 0.2) is 5.65 Å². The molecule has 2 rings (SSSR count). The van der Waals surface area contributed by atoms with E-state index >= 15 is 0 Å². The maximum absolute atomic E-state index is 5.16. The lowest BCUT2D eigenvalue weighted by atomic mass is 10.4. The Morgan fingerprint density at radius 1 is 1.50 bits per heavy atom. The topological polar surface area (TPSA) is 26.5 Å². The van der Waals surface area contributed by atoms with Crippen LogP contribution < -0.4 is 4.74 Å². The molecule has 62 valence electrons. The summed E-state index contributed by atoms with van der Waals surface area (Å²) in [6.07, 6.45) is 5.62. The van der Waals surface area contributed by atoms with E-state index in [1.807, 2.05) is 22.9 Å². The molecule has 0 spiro atoms. The monoisotopic (exact) mass is 274 g/mol. The van der Waals surface area contributed by atoms with Gasteiger partial charge in [-0.25, -0.2) is 4.98 Å². The number of aromatic nitrogens is 2. The quantitative estimate of drug-likeness (QED) is 0.743. The number of methoxy groups -OCH3 is 1. The summed E-state index contributed by atoms with van der Waals surface area (Å²) >= 11 is 2.23. The van der Waals surface area contributed by atoms with Crippen molar-refractivity contribution in [2.75, 3.05) is 7.11 Å². The minimum Gasteiger partial charge on any atom is -0.495 e. The number of fused-ring (bicyclic) bond motifs is 1. The standard InChI is InChI=1S/C8H7IN2O/c1-12-6-2-4-11-5-3-10-8(11)7(6)9/h2-5H,1H3. The number of imidazole rings is 1. The first-order valence-corrected chi connectivity index (χ1v) is 4.56. The van der Waals surface area contributed by atoms with Crippen LogP contribution in [0, 0.1) is 3.57 Å². The SMILES string of the molecule is COc1ccn2ccnc2c1I. The van der Waals surface area contributed by atoms with E-state index < -0.39 is 0 Å². The Kier molecular flexibility index (Phi) is 1.92. The minimum absolute atomic E-state index is 0.870. The Morgan fingerprint density at radius 3 is 3.08 bits per heavy atom. The van der Waals surface area contributed by atoms with Gasteiger partial charge < -0.3 is 9.14 Å². The van der Waals surface area contributed by atoms with Crippen molar-refractivity contribution < 1.29 is 4.74 Å². The number of hydrogen-bond acceptors (Lipinski definition) is 2. The average Bonchev–Trinajstić information content (AvgIpc) is 2.53. The van der Waals surface area contributed by atoms with Crippen LogP contribution >= 0.6 is 22.6 Å². The van der Waals surface area contributed by atoms with Gasteiger partial charge in [-0.2, -0.15) is 0 Å². The first kappa shape index (κ1) is 7.85. The predicted molar refractivity (Wildman–Crippen MR) is 54.5 cm³/mol. The Hall–Kier alpha value is -0.780. The lowest BCUT2D eigenvalue weighted by Crippen LogP contribution is -1.91. The van der Waals surface area contributed by atoms with Crippen molar-refractivity contribution in [2.24, 2.45) is 0 Å². The zero-order valence-electron chi connectivity index (χ0n) is 6.49. The van der Waals surface area contributed by atoms with Gasteiger partial charge in [0.1, 0.15) is 5.75 Å². The average molecular weight is 274 g/mol. The highest BCUT2D eigenvalue weighted by molar-refractivity contribution is 14.1. The summed E-state index contributed by atoms with van der Waals surface area (Å²) in [6, 6.07) is 1.93. The molecule has 2 aromatic heterocycles. The van der Waals surface area contributed by atoms with Crippen molar-refractivity contribution in [2.45, 2.75) is 0 Å². The van der Waals surface area contributed by atoms with Crippen molar-refractivity contribution >= 4 is 28.2 Å². The van der Waals surface area contributed by atoms with Crippen molar-refractivity contribution in [3.63, 3.8) is 0 Å². The zero-order chi connectivity index (χ0) is 8.55. The Labute approximate surface area is 83.5 Å². The minimum atomic E-state index is 0.870. The normalized spacial score (nSPS) is 10.5. The fraction of sp³-hybridized carbons (Fsp3) is 0.125. The van der Waals surface area contributed by atoms with Gasteiger partial charge in [0.2, 0.25) is 0 Å². The highest BCUT2D eigenvalue weighted by Crippen LogP contribution is 2.23. The molecule has 0 fully saturated rings. The lowest BCUT2D eigenvalue weighted by molar-refractivity contribution is 0.411. The fourth-order valence-corrected chi connectivity index (χ4v) is 1.91. The summed E-state index contributed by atoms with van der Waals surface area (Å²) in [5, 5.41) is 0. The first-order chi connectivity index (χ1) is 5.83. The van der Waals surface area contributed by atoms with Crippen molar-refractivity contribution in [3.05, 3.63) is 28.2 Å². The van der Waals surface area contributed by atoms with Crippen molar-refractivity contribution in [3.8, 4) is 5.75 Å². The second-order valence-electron chi connectivity index (χ2n) is 2.36. The smallest absolute Gasteiger partial charge is 0.153 e. The van der Waals surface area contributed by atoms with Crippen LogP contribution in [0.4, 0.5) is 0 Å². The first-order valence-electron chi connectivity index (χ1n) is 3.48. The highest BCUT2D eigenvalue weighted by Gasteiger charge is 2.04. The molecule has 0 saturated heterocycles. The zero-order valence-corrected chi connectivity index (χ0v) is 8.65. The molecule has 2 heterocycles. The van der Waals surface area contributed by atoms with Gasteiger partial charge >= 0.3 is 0 Å². The number of halogens is 1. The second-order valence-corrected chi connectivity index (χ2v) is 3.43. The highest BCUT2D eigenvalue weighted by atomic mass is 127. The van der Waals surface area contributed by atoms with Crippen LogP contribution in [0.1, 0.15) is 0 Å². The predicted octanol–water partition coefficient (Wildman–Crippen LogP) is 1.95. The van der Waals surface area contributed by atoms with Gasteiger partial charge in [0.05, 0.1) is 10.7 Å². The third-order valence-electron chi connectivity index (χ3n) is 1.69. The van der Waals surface area contributed by atoms with E-state index in [1.54, 1.807) is 13.3 Å². The van der Waals surface area contributed by atoms with Crippen LogP contribution in [0.25, 0.3) is 5.65 Å². The molecule has 0 radical (unpaired) electrons. The van der Waals surface area contributed by atoms with Gasteiger partial charge in [-0.1, -0.05) is 0 Å². The van der Waals surface area contributed by atoms with Crippen LogP contribution in [-0.2, 0) is 0 Å². The number of nitrogens with zero attached hydrogens (tertiary/aromatic N) is 2. The molecular weight excluding hydrogens is 267 g/mol.